The van der Waals surface area contributed by atoms with Crippen LogP contribution in [0.5, 0.6) is 0 Å². The summed E-state index contributed by atoms with van der Waals surface area (Å²) < 4.78 is 5.37. The highest BCUT2D eigenvalue weighted by Gasteiger charge is 2.12. The van der Waals surface area contributed by atoms with Crippen molar-refractivity contribution in [3.63, 3.8) is 0 Å². The van der Waals surface area contributed by atoms with Gasteiger partial charge in [-0.05, 0) is 24.3 Å². The molecule has 2 heterocycles. The number of hydrogen-bond donors (Lipinski definition) is 1. The highest BCUT2D eigenvalue weighted by atomic mass is 35.5. The standard InChI is InChI=1S/C12H7ClN2O2/c13-12-9-3-1-2-8(11(9)14-15-12)10-5-4-7(6-16)17-10/h1-6H,(H,14,15). The van der Waals surface area contributed by atoms with Gasteiger partial charge in [-0.25, -0.2) is 0 Å². The fraction of sp³-hybridized carbons (Fsp3) is 0. The lowest BCUT2D eigenvalue weighted by Gasteiger charge is -1.97. The van der Waals surface area contributed by atoms with Crippen molar-refractivity contribution in [3.05, 3.63) is 41.2 Å². The van der Waals surface area contributed by atoms with Gasteiger partial charge in [-0.15, -0.1) is 0 Å². The Morgan fingerprint density at radius 1 is 1.29 bits per heavy atom. The normalized spacial score (nSPS) is 10.9. The molecule has 0 unspecified atom stereocenters. The molecule has 1 N–H and O–H groups in total. The molecule has 1 aromatic carbocycles. The van der Waals surface area contributed by atoms with Crippen LogP contribution in [0, 0.1) is 0 Å². The van der Waals surface area contributed by atoms with Gasteiger partial charge in [-0.1, -0.05) is 17.7 Å². The van der Waals surface area contributed by atoms with Gasteiger partial charge >= 0.3 is 0 Å². The zero-order valence-electron chi connectivity index (χ0n) is 8.61. The smallest absolute Gasteiger partial charge is 0.185 e. The molecule has 5 heteroatoms. The Morgan fingerprint density at radius 2 is 2.18 bits per heavy atom. The lowest BCUT2D eigenvalue weighted by Crippen LogP contribution is -1.77. The Morgan fingerprint density at radius 3 is 2.94 bits per heavy atom. The number of fused-ring (bicyclic) bond motifs is 1. The molecule has 0 radical (unpaired) electrons. The van der Waals surface area contributed by atoms with E-state index in [1.54, 1.807) is 12.1 Å². The van der Waals surface area contributed by atoms with Crippen LogP contribution in [0.4, 0.5) is 0 Å². The van der Waals surface area contributed by atoms with Gasteiger partial charge in [0.05, 0.1) is 0 Å². The van der Waals surface area contributed by atoms with Crippen LogP contribution in [0.1, 0.15) is 10.6 Å². The zero-order chi connectivity index (χ0) is 11.8. The highest BCUT2D eigenvalue weighted by Crippen LogP contribution is 2.31. The van der Waals surface area contributed by atoms with E-state index in [9.17, 15) is 4.79 Å². The van der Waals surface area contributed by atoms with E-state index < -0.39 is 0 Å². The van der Waals surface area contributed by atoms with Crippen LogP contribution in [0.2, 0.25) is 5.15 Å². The lowest BCUT2D eigenvalue weighted by molar-refractivity contribution is 0.110. The van der Waals surface area contributed by atoms with Crippen LogP contribution < -0.4 is 0 Å². The van der Waals surface area contributed by atoms with Crippen molar-refractivity contribution in [1.29, 1.82) is 0 Å². The summed E-state index contributed by atoms with van der Waals surface area (Å²) in [4.78, 5) is 10.6. The maximum absolute atomic E-state index is 10.6. The molecule has 0 aliphatic rings. The van der Waals surface area contributed by atoms with Crippen LogP contribution >= 0.6 is 11.6 Å². The first-order chi connectivity index (χ1) is 8.29. The molecule has 4 nitrogen and oxygen atoms in total. The Bertz CT molecular complexity index is 699. The number of para-hydroxylation sites is 1. The number of furan rings is 1. The fourth-order valence-electron chi connectivity index (χ4n) is 1.77. The lowest BCUT2D eigenvalue weighted by atomic mass is 10.1. The minimum absolute atomic E-state index is 0.290. The molecule has 2 aromatic heterocycles. The van der Waals surface area contributed by atoms with Crippen LogP contribution in [0.3, 0.4) is 0 Å². The second-order valence-corrected chi connectivity index (χ2v) is 3.94. The number of carbonyl (C=O) groups is 1. The van der Waals surface area contributed by atoms with Crippen molar-refractivity contribution >= 4 is 28.8 Å². The summed E-state index contributed by atoms with van der Waals surface area (Å²) in [6.45, 7) is 0. The van der Waals surface area contributed by atoms with Gasteiger partial charge in [-0.3, -0.25) is 9.89 Å². The van der Waals surface area contributed by atoms with Crippen molar-refractivity contribution < 1.29 is 9.21 Å². The third-order valence-electron chi connectivity index (χ3n) is 2.55. The van der Waals surface area contributed by atoms with Crippen LogP contribution in [-0.2, 0) is 0 Å². The maximum Gasteiger partial charge on any atom is 0.185 e. The number of nitrogens with zero attached hydrogens (tertiary/aromatic N) is 1. The minimum atomic E-state index is 0.290. The molecule has 0 aliphatic carbocycles. The number of carbonyl (C=O) groups excluding carboxylic acids is 1. The number of aromatic amines is 1. The Hall–Kier alpha value is -2.07. The molecule has 0 fully saturated rings. The molecule has 17 heavy (non-hydrogen) atoms. The summed E-state index contributed by atoms with van der Waals surface area (Å²) in [7, 11) is 0. The summed E-state index contributed by atoms with van der Waals surface area (Å²) in [6.07, 6.45) is 0.668. The summed E-state index contributed by atoms with van der Waals surface area (Å²) in [5, 5.41) is 8.15. The number of aromatic nitrogens is 2. The van der Waals surface area contributed by atoms with Gasteiger partial charge in [0.1, 0.15) is 16.4 Å². The molecular formula is C12H7ClN2O2. The number of nitrogens with one attached hydrogen (secondary N) is 1. The van der Waals surface area contributed by atoms with Crippen molar-refractivity contribution in [2.75, 3.05) is 0 Å². The molecule has 0 spiro atoms. The van der Waals surface area contributed by atoms with Gasteiger partial charge in [-0.2, -0.15) is 5.10 Å². The second-order valence-electron chi connectivity index (χ2n) is 3.56. The monoisotopic (exact) mass is 246 g/mol. The topological polar surface area (TPSA) is 58.9 Å². The first-order valence-electron chi connectivity index (χ1n) is 4.97. The van der Waals surface area contributed by atoms with E-state index in [0.29, 0.717) is 23.0 Å². The fourth-order valence-corrected chi connectivity index (χ4v) is 1.96. The molecule has 0 amide bonds. The van der Waals surface area contributed by atoms with Gasteiger partial charge < -0.3 is 4.42 Å². The Labute approximate surface area is 101 Å². The predicted octanol–water partition coefficient (Wildman–Crippen LogP) is 3.29. The summed E-state index contributed by atoms with van der Waals surface area (Å²) in [6, 6.07) is 8.96. The largest absolute Gasteiger partial charge is 0.453 e. The summed E-state index contributed by atoms with van der Waals surface area (Å²) >= 11 is 5.96. The zero-order valence-corrected chi connectivity index (χ0v) is 9.36. The van der Waals surface area contributed by atoms with E-state index in [2.05, 4.69) is 10.2 Å². The quantitative estimate of drug-likeness (QED) is 0.706. The van der Waals surface area contributed by atoms with E-state index >= 15 is 0 Å². The first kappa shape index (κ1) is 10.1. The number of halogens is 1. The van der Waals surface area contributed by atoms with Gasteiger partial charge in [0.15, 0.2) is 12.0 Å². The molecule has 3 rings (SSSR count). The SMILES string of the molecule is O=Cc1ccc(-c2cccc3c(Cl)[nH]nc23)o1. The average molecular weight is 247 g/mol. The molecule has 0 bridgehead atoms. The summed E-state index contributed by atoms with van der Waals surface area (Å²) in [5.74, 6) is 0.888. The van der Waals surface area contributed by atoms with E-state index in [4.69, 9.17) is 16.0 Å². The molecule has 0 aliphatic heterocycles. The van der Waals surface area contributed by atoms with E-state index in [1.807, 2.05) is 18.2 Å². The van der Waals surface area contributed by atoms with E-state index in [0.717, 1.165) is 16.5 Å². The molecule has 0 atom stereocenters. The summed E-state index contributed by atoms with van der Waals surface area (Å²) in [5.41, 5.74) is 1.53. The van der Waals surface area contributed by atoms with Gasteiger partial charge in [0, 0.05) is 10.9 Å². The Kier molecular flexibility index (Phi) is 2.23. The number of rotatable bonds is 2. The van der Waals surface area contributed by atoms with Crippen molar-refractivity contribution in [3.8, 4) is 11.3 Å². The van der Waals surface area contributed by atoms with Crippen LogP contribution in [0.25, 0.3) is 22.2 Å². The number of benzene rings is 1. The number of H-pyrrole nitrogens is 1. The van der Waals surface area contributed by atoms with Crippen molar-refractivity contribution in [1.82, 2.24) is 10.2 Å². The Balaban J connectivity index is 2.26. The van der Waals surface area contributed by atoms with Gasteiger partial charge in [0.2, 0.25) is 0 Å². The number of hydrogen-bond acceptors (Lipinski definition) is 3. The third kappa shape index (κ3) is 1.54. The number of aldehydes is 1. The van der Waals surface area contributed by atoms with E-state index in [1.165, 1.54) is 0 Å². The molecule has 0 saturated heterocycles. The highest BCUT2D eigenvalue weighted by molar-refractivity contribution is 6.34. The van der Waals surface area contributed by atoms with Crippen LogP contribution in [0.15, 0.2) is 34.7 Å². The maximum atomic E-state index is 10.6. The molecule has 3 aromatic rings. The van der Waals surface area contributed by atoms with Crippen molar-refractivity contribution in [2.24, 2.45) is 0 Å². The second kappa shape index (κ2) is 3.75. The molecular weight excluding hydrogens is 240 g/mol. The molecule has 0 saturated carbocycles. The minimum Gasteiger partial charge on any atom is -0.453 e. The first-order valence-corrected chi connectivity index (χ1v) is 5.35. The average Bonchev–Trinajstić information content (AvgIpc) is 2.96. The molecule has 84 valence electrons. The van der Waals surface area contributed by atoms with Gasteiger partial charge in [0.25, 0.3) is 0 Å². The van der Waals surface area contributed by atoms with Crippen LogP contribution in [-0.4, -0.2) is 16.5 Å². The van der Waals surface area contributed by atoms with Crippen molar-refractivity contribution in [2.45, 2.75) is 0 Å². The third-order valence-corrected chi connectivity index (χ3v) is 2.83. The predicted molar refractivity (Wildman–Crippen MR) is 64.2 cm³/mol. The van der Waals surface area contributed by atoms with E-state index in [-0.39, 0.29) is 0 Å².